The van der Waals surface area contributed by atoms with Crippen molar-refractivity contribution in [2.24, 2.45) is 0 Å². The lowest BCUT2D eigenvalue weighted by Gasteiger charge is -2.43. The summed E-state index contributed by atoms with van der Waals surface area (Å²) in [5.74, 6) is -0.0175. The zero-order valence-electron chi connectivity index (χ0n) is 24.3. The number of hydrogen-bond donors (Lipinski definition) is 1. The zero-order chi connectivity index (χ0) is 28.7. The molecule has 1 unspecified atom stereocenters. The van der Waals surface area contributed by atoms with Crippen molar-refractivity contribution in [3.05, 3.63) is 120 Å². The predicted octanol–water partition coefficient (Wildman–Crippen LogP) is 6.49. The van der Waals surface area contributed by atoms with Gasteiger partial charge in [-0.25, -0.2) is 0 Å². The van der Waals surface area contributed by atoms with E-state index in [0.717, 1.165) is 56.4 Å². The smallest absolute Gasteiger partial charge is 0.230 e. The molecule has 1 N–H and O–H groups in total. The number of likely N-dealkylation sites (N-methyl/N-ethyl adjacent to an activating group) is 1. The molecule has 1 saturated heterocycles. The van der Waals surface area contributed by atoms with E-state index >= 15 is 0 Å². The first-order valence-corrected chi connectivity index (χ1v) is 14.8. The standard InChI is InChI=1S/C36H41N3O2/c1-28(40)37-36(33-16-7-4-8-17-33)21-24-39(25-22-36)23-11-18-34(32-20-19-30-14-9-10-15-31(30)26-32)35(41)38(2)27-29-12-5-3-6-13-29/h3-10,12-17,19-20,26,34H,11,18,21-25,27H2,1-2H3,(H,37,40). The molecular weight excluding hydrogens is 506 g/mol. The van der Waals surface area contributed by atoms with Gasteiger partial charge in [0.25, 0.3) is 0 Å². The highest BCUT2D eigenvalue weighted by Crippen LogP contribution is 2.34. The fourth-order valence-corrected chi connectivity index (χ4v) is 6.32. The molecule has 5 rings (SSSR count). The number of carbonyl (C=O) groups is 2. The summed E-state index contributed by atoms with van der Waals surface area (Å²) < 4.78 is 0. The highest BCUT2D eigenvalue weighted by molar-refractivity contribution is 5.87. The van der Waals surface area contributed by atoms with Crippen LogP contribution in [0.3, 0.4) is 0 Å². The first kappa shape index (κ1) is 28.6. The Balaban J connectivity index is 1.26. The third-order valence-corrected chi connectivity index (χ3v) is 8.53. The second-order valence-electron chi connectivity index (χ2n) is 11.5. The van der Waals surface area contributed by atoms with Crippen molar-refractivity contribution < 1.29 is 9.59 Å². The lowest BCUT2D eigenvalue weighted by molar-refractivity contribution is -0.132. The molecule has 4 aromatic carbocycles. The fraction of sp³-hybridized carbons (Fsp3) is 0.333. The van der Waals surface area contributed by atoms with Crippen LogP contribution in [0.2, 0.25) is 0 Å². The molecule has 0 aromatic heterocycles. The molecular formula is C36H41N3O2. The second kappa shape index (κ2) is 13.1. The topological polar surface area (TPSA) is 52.7 Å². The first-order chi connectivity index (χ1) is 19.9. The molecule has 0 bridgehead atoms. The first-order valence-electron chi connectivity index (χ1n) is 14.8. The maximum absolute atomic E-state index is 13.9. The quantitative estimate of drug-likeness (QED) is 0.247. The number of hydrogen-bond acceptors (Lipinski definition) is 3. The molecule has 0 spiro atoms. The molecule has 41 heavy (non-hydrogen) atoms. The van der Waals surface area contributed by atoms with E-state index in [1.165, 1.54) is 16.3 Å². The van der Waals surface area contributed by atoms with Gasteiger partial charge in [0.15, 0.2) is 0 Å². The maximum Gasteiger partial charge on any atom is 0.230 e. The molecule has 2 amide bonds. The van der Waals surface area contributed by atoms with E-state index in [0.29, 0.717) is 6.54 Å². The Morgan fingerprint density at radius 3 is 2.17 bits per heavy atom. The Labute approximate surface area is 244 Å². The van der Waals surface area contributed by atoms with Crippen LogP contribution in [0, 0.1) is 0 Å². The van der Waals surface area contributed by atoms with Gasteiger partial charge in [-0.05, 0) is 59.7 Å². The van der Waals surface area contributed by atoms with Crippen LogP contribution >= 0.6 is 0 Å². The Bertz CT molecular complexity index is 1450. The van der Waals surface area contributed by atoms with E-state index in [1.54, 1.807) is 6.92 Å². The van der Waals surface area contributed by atoms with Gasteiger partial charge in [-0.1, -0.05) is 103 Å². The minimum absolute atomic E-state index is 0.0127. The SMILES string of the molecule is CC(=O)NC1(c2ccccc2)CCN(CCCC(C(=O)N(C)Cc2ccccc2)c2ccc3ccccc3c2)CC1. The molecule has 1 aliphatic rings. The third kappa shape index (κ3) is 7.04. The highest BCUT2D eigenvalue weighted by atomic mass is 16.2. The Kier molecular flexibility index (Phi) is 9.15. The highest BCUT2D eigenvalue weighted by Gasteiger charge is 2.36. The van der Waals surface area contributed by atoms with E-state index in [2.05, 4.69) is 76.9 Å². The van der Waals surface area contributed by atoms with Crippen molar-refractivity contribution in [2.75, 3.05) is 26.7 Å². The van der Waals surface area contributed by atoms with Crippen molar-refractivity contribution in [3.63, 3.8) is 0 Å². The summed E-state index contributed by atoms with van der Waals surface area (Å²) in [6.07, 6.45) is 3.48. The van der Waals surface area contributed by atoms with Crippen LogP contribution in [-0.2, 0) is 21.7 Å². The van der Waals surface area contributed by atoms with Gasteiger partial charge in [-0.3, -0.25) is 9.59 Å². The third-order valence-electron chi connectivity index (χ3n) is 8.53. The maximum atomic E-state index is 13.9. The van der Waals surface area contributed by atoms with E-state index < -0.39 is 0 Å². The lowest BCUT2D eigenvalue weighted by Crippen LogP contribution is -2.52. The van der Waals surface area contributed by atoms with Crippen LogP contribution in [0.15, 0.2) is 103 Å². The summed E-state index contributed by atoms with van der Waals surface area (Å²) in [6, 6.07) is 35.3. The van der Waals surface area contributed by atoms with Gasteiger partial charge in [0.2, 0.25) is 11.8 Å². The van der Waals surface area contributed by atoms with Gasteiger partial charge in [0.05, 0.1) is 11.5 Å². The number of likely N-dealkylation sites (tertiary alicyclic amines) is 1. The molecule has 0 saturated carbocycles. The van der Waals surface area contributed by atoms with E-state index in [-0.39, 0.29) is 23.3 Å². The zero-order valence-corrected chi connectivity index (χ0v) is 24.3. The van der Waals surface area contributed by atoms with Crippen molar-refractivity contribution in [1.82, 2.24) is 15.1 Å². The molecule has 4 aromatic rings. The van der Waals surface area contributed by atoms with Gasteiger partial charge in [-0.2, -0.15) is 0 Å². The van der Waals surface area contributed by atoms with Crippen LogP contribution in [0.4, 0.5) is 0 Å². The average Bonchev–Trinajstić information content (AvgIpc) is 3.00. The molecule has 1 aliphatic heterocycles. The van der Waals surface area contributed by atoms with Crippen LogP contribution in [-0.4, -0.2) is 48.3 Å². The van der Waals surface area contributed by atoms with Gasteiger partial charge in [-0.15, -0.1) is 0 Å². The van der Waals surface area contributed by atoms with Crippen LogP contribution in [0.5, 0.6) is 0 Å². The van der Waals surface area contributed by atoms with Crippen LogP contribution in [0.25, 0.3) is 10.8 Å². The van der Waals surface area contributed by atoms with E-state index in [9.17, 15) is 9.59 Å². The number of carbonyl (C=O) groups excluding carboxylic acids is 2. The number of piperidine rings is 1. The molecule has 0 aliphatic carbocycles. The number of rotatable bonds is 10. The van der Waals surface area contributed by atoms with Crippen LogP contribution < -0.4 is 5.32 Å². The van der Waals surface area contributed by atoms with Crippen molar-refractivity contribution in [1.29, 1.82) is 0 Å². The van der Waals surface area contributed by atoms with Gasteiger partial charge < -0.3 is 15.1 Å². The molecule has 5 heteroatoms. The van der Waals surface area contributed by atoms with Gasteiger partial charge >= 0.3 is 0 Å². The fourth-order valence-electron chi connectivity index (χ4n) is 6.32. The minimum atomic E-state index is -0.312. The molecule has 212 valence electrons. The largest absolute Gasteiger partial charge is 0.347 e. The minimum Gasteiger partial charge on any atom is -0.347 e. The number of amides is 2. The number of benzene rings is 4. The van der Waals surface area contributed by atoms with Crippen molar-refractivity contribution in [3.8, 4) is 0 Å². The second-order valence-corrected chi connectivity index (χ2v) is 11.5. The molecule has 5 nitrogen and oxygen atoms in total. The monoisotopic (exact) mass is 547 g/mol. The van der Waals surface area contributed by atoms with Crippen LogP contribution in [0.1, 0.15) is 55.2 Å². The lowest BCUT2D eigenvalue weighted by atomic mass is 9.80. The summed E-state index contributed by atoms with van der Waals surface area (Å²) in [7, 11) is 1.92. The number of nitrogens with zero attached hydrogens (tertiary/aromatic N) is 2. The van der Waals surface area contributed by atoms with Crippen molar-refractivity contribution in [2.45, 2.75) is 50.6 Å². The average molecular weight is 548 g/mol. The number of nitrogens with one attached hydrogen (secondary N) is 1. The number of fused-ring (bicyclic) bond motifs is 1. The van der Waals surface area contributed by atoms with Gasteiger partial charge in [0, 0.05) is 33.6 Å². The molecule has 0 radical (unpaired) electrons. The normalized spacial score (nSPS) is 15.8. The van der Waals surface area contributed by atoms with E-state index in [4.69, 9.17) is 0 Å². The Morgan fingerprint density at radius 1 is 0.854 bits per heavy atom. The summed E-state index contributed by atoms with van der Waals surface area (Å²) >= 11 is 0. The van der Waals surface area contributed by atoms with Crippen molar-refractivity contribution >= 4 is 22.6 Å². The summed E-state index contributed by atoms with van der Waals surface area (Å²) in [5.41, 5.74) is 3.09. The molecule has 1 heterocycles. The predicted molar refractivity (Wildman–Crippen MR) is 166 cm³/mol. The molecule has 1 atom stereocenters. The van der Waals surface area contributed by atoms with Gasteiger partial charge in [0.1, 0.15) is 0 Å². The summed E-state index contributed by atoms with van der Waals surface area (Å²) in [6.45, 7) is 4.97. The summed E-state index contributed by atoms with van der Waals surface area (Å²) in [5, 5.41) is 5.63. The summed E-state index contributed by atoms with van der Waals surface area (Å²) in [4.78, 5) is 30.3. The molecule has 1 fully saturated rings. The van der Waals surface area contributed by atoms with E-state index in [1.807, 2.05) is 48.3 Å². The Morgan fingerprint density at radius 2 is 1.49 bits per heavy atom. The Hall–Kier alpha value is -3.96.